The number of halogens is 1. The summed E-state index contributed by atoms with van der Waals surface area (Å²) in [6.45, 7) is 0. The van der Waals surface area contributed by atoms with E-state index in [-0.39, 0.29) is 11.6 Å². The maximum atomic E-state index is 13.0. The number of aromatic amines is 1. The minimum Gasteiger partial charge on any atom is -0.508 e. The summed E-state index contributed by atoms with van der Waals surface area (Å²) in [4.78, 5) is 11.9. The van der Waals surface area contributed by atoms with Gasteiger partial charge in [0.25, 0.3) is 5.91 Å². The van der Waals surface area contributed by atoms with Crippen LogP contribution in [0, 0.1) is 5.82 Å². The number of nitrogens with zero attached hydrogens (tertiary/aromatic N) is 2. The normalized spacial score (nSPS) is 10.9. The van der Waals surface area contributed by atoms with Crippen LogP contribution in [-0.4, -0.2) is 27.4 Å². The van der Waals surface area contributed by atoms with Gasteiger partial charge in [0.15, 0.2) is 0 Å². The number of H-pyrrole nitrogens is 1. The van der Waals surface area contributed by atoms with E-state index >= 15 is 0 Å². The molecule has 0 fully saturated rings. The molecular weight excluding hydrogens is 311 g/mol. The molecule has 2 aromatic carbocycles. The summed E-state index contributed by atoms with van der Waals surface area (Å²) < 4.78 is 13.0. The van der Waals surface area contributed by atoms with Gasteiger partial charge in [-0.15, -0.1) is 0 Å². The van der Waals surface area contributed by atoms with Crippen LogP contribution in [-0.2, 0) is 0 Å². The molecule has 0 spiro atoms. The van der Waals surface area contributed by atoms with E-state index in [4.69, 9.17) is 0 Å². The number of rotatable bonds is 4. The van der Waals surface area contributed by atoms with E-state index in [0.717, 1.165) is 5.56 Å². The van der Waals surface area contributed by atoms with Gasteiger partial charge in [-0.05, 0) is 48.5 Å². The summed E-state index contributed by atoms with van der Waals surface area (Å²) in [5, 5.41) is 19.8. The van der Waals surface area contributed by atoms with Crippen LogP contribution in [0.3, 0.4) is 0 Å². The first kappa shape index (κ1) is 15.4. The number of aromatic nitrogens is 2. The Balaban J connectivity index is 1.71. The number of nitrogens with one attached hydrogen (secondary N) is 2. The molecule has 7 heteroatoms. The Morgan fingerprint density at radius 1 is 1.17 bits per heavy atom. The zero-order valence-corrected chi connectivity index (χ0v) is 12.4. The molecule has 0 saturated carbocycles. The van der Waals surface area contributed by atoms with Crippen molar-refractivity contribution in [2.75, 3.05) is 0 Å². The fourth-order valence-electron chi connectivity index (χ4n) is 2.08. The van der Waals surface area contributed by atoms with E-state index in [1.54, 1.807) is 18.3 Å². The summed E-state index contributed by atoms with van der Waals surface area (Å²) in [6.07, 6.45) is 3.00. The SMILES string of the molecule is O=C(N/N=C\c1cn[nH]c1-c1ccc(F)cc1)c1ccc(O)cc1. The molecule has 24 heavy (non-hydrogen) atoms. The van der Waals surface area contributed by atoms with E-state index in [1.165, 1.54) is 42.6 Å². The maximum Gasteiger partial charge on any atom is 0.271 e. The molecule has 3 N–H and O–H groups in total. The molecule has 6 nitrogen and oxygen atoms in total. The number of phenolic OH excluding ortho intramolecular Hbond substituents is 1. The van der Waals surface area contributed by atoms with Gasteiger partial charge in [-0.25, -0.2) is 9.82 Å². The summed E-state index contributed by atoms with van der Waals surface area (Å²) in [5.41, 5.74) is 4.82. The summed E-state index contributed by atoms with van der Waals surface area (Å²) in [7, 11) is 0. The zero-order valence-electron chi connectivity index (χ0n) is 12.4. The maximum absolute atomic E-state index is 13.0. The average molecular weight is 324 g/mol. The lowest BCUT2D eigenvalue weighted by atomic mass is 10.1. The highest BCUT2D eigenvalue weighted by Crippen LogP contribution is 2.20. The van der Waals surface area contributed by atoms with Crippen molar-refractivity contribution in [1.82, 2.24) is 15.6 Å². The van der Waals surface area contributed by atoms with Crippen molar-refractivity contribution in [3.05, 3.63) is 71.7 Å². The summed E-state index contributed by atoms with van der Waals surface area (Å²) in [5.74, 6) is -0.648. The first-order valence-electron chi connectivity index (χ1n) is 7.05. The topological polar surface area (TPSA) is 90.4 Å². The minimum absolute atomic E-state index is 0.0809. The van der Waals surface area contributed by atoms with Crippen LogP contribution < -0.4 is 5.43 Å². The number of hydrogen-bond acceptors (Lipinski definition) is 4. The van der Waals surface area contributed by atoms with Crippen molar-refractivity contribution < 1.29 is 14.3 Å². The molecule has 0 bridgehead atoms. The average Bonchev–Trinajstić information content (AvgIpc) is 3.04. The van der Waals surface area contributed by atoms with Crippen LogP contribution in [0.5, 0.6) is 5.75 Å². The molecular formula is C17H13FN4O2. The van der Waals surface area contributed by atoms with Crippen molar-refractivity contribution in [1.29, 1.82) is 0 Å². The molecule has 1 heterocycles. The second kappa shape index (κ2) is 6.74. The van der Waals surface area contributed by atoms with E-state index in [2.05, 4.69) is 20.7 Å². The number of amides is 1. The molecule has 120 valence electrons. The van der Waals surface area contributed by atoms with Crippen LogP contribution in [0.25, 0.3) is 11.3 Å². The minimum atomic E-state index is -0.405. The lowest BCUT2D eigenvalue weighted by Crippen LogP contribution is -2.17. The molecule has 3 rings (SSSR count). The first-order valence-corrected chi connectivity index (χ1v) is 7.05. The van der Waals surface area contributed by atoms with Gasteiger partial charge in [0.2, 0.25) is 0 Å². The molecule has 0 atom stereocenters. The second-order valence-electron chi connectivity index (χ2n) is 4.95. The summed E-state index contributed by atoms with van der Waals surface area (Å²) >= 11 is 0. The number of carbonyl (C=O) groups is 1. The molecule has 1 aromatic heterocycles. The van der Waals surface area contributed by atoms with Crippen LogP contribution in [0.2, 0.25) is 0 Å². The lowest BCUT2D eigenvalue weighted by Gasteiger charge is -2.01. The third-order valence-corrected chi connectivity index (χ3v) is 3.30. The zero-order chi connectivity index (χ0) is 16.9. The van der Waals surface area contributed by atoms with Gasteiger partial charge in [-0.2, -0.15) is 10.2 Å². The fraction of sp³-hybridized carbons (Fsp3) is 0. The number of hydrogen-bond donors (Lipinski definition) is 3. The van der Waals surface area contributed by atoms with Crippen molar-refractivity contribution in [3.8, 4) is 17.0 Å². The third-order valence-electron chi connectivity index (χ3n) is 3.30. The smallest absolute Gasteiger partial charge is 0.271 e. The predicted octanol–water partition coefficient (Wildman–Crippen LogP) is 2.69. The molecule has 0 aliphatic carbocycles. The summed E-state index contributed by atoms with van der Waals surface area (Å²) in [6, 6.07) is 11.8. The van der Waals surface area contributed by atoms with Crippen LogP contribution >= 0.6 is 0 Å². The molecule has 3 aromatic rings. The van der Waals surface area contributed by atoms with Crippen molar-refractivity contribution >= 4 is 12.1 Å². The third kappa shape index (κ3) is 3.46. The highest BCUT2D eigenvalue weighted by atomic mass is 19.1. The van der Waals surface area contributed by atoms with Gasteiger partial charge in [-0.3, -0.25) is 9.89 Å². The van der Waals surface area contributed by atoms with Crippen LogP contribution in [0.4, 0.5) is 4.39 Å². The van der Waals surface area contributed by atoms with Crippen molar-refractivity contribution in [3.63, 3.8) is 0 Å². The van der Waals surface area contributed by atoms with Crippen molar-refractivity contribution in [2.45, 2.75) is 0 Å². The predicted molar refractivity (Wildman–Crippen MR) is 87.1 cm³/mol. The molecule has 0 radical (unpaired) electrons. The largest absolute Gasteiger partial charge is 0.508 e. The Labute approximate surface area is 136 Å². The van der Waals surface area contributed by atoms with Gasteiger partial charge in [0.05, 0.1) is 18.1 Å². The van der Waals surface area contributed by atoms with Gasteiger partial charge in [0.1, 0.15) is 11.6 Å². The highest BCUT2D eigenvalue weighted by Gasteiger charge is 2.07. The molecule has 0 aliphatic rings. The van der Waals surface area contributed by atoms with Gasteiger partial charge < -0.3 is 5.11 Å². The quantitative estimate of drug-likeness (QED) is 0.509. The molecule has 0 unspecified atom stereocenters. The number of benzene rings is 2. The van der Waals surface area contributed by atoms with E-state index in [9.17, 15) is 14.3 Å². The van der Waals surface area contributed by atoms with Gasteiger partial charge >= 0.3 is 0 Å². The molecule has 0 saturated heterocycles. The Kier molecular flexibility index (Phi) is 4.33. The van der Waals surface area contributed by atoms with Crippen LogP contribution in [0.15, 0.2) is 59.8 Å². The number of phenols is 1. The van der Waals surface area contributed by atoms with Crippen LogP contribution in [0.1, 0.15) is 15.9 Å². The Hall–Kier alpha value is -3.48. The Morgan fingerprint density at radius 3 is 2.58 bits per heavy atom. The number of hydrazone groups is 1. The highest BCUT2D eigenvalue weighted by molar-refractivity contribution is 5.95. The Bertz CT molecular complexity index is 870. The van der Waals surface area contributed by atoms with Gasteiger partial charge in [0, 0.05) is 16.7 Å². The number of carbonyl (C=O) groups excluding carboxylic acids is 1. The number of aromatic hydroxyl groups is 1. The Morgan fingerprint density at radius 2 is 1.88 bits per heavy atom. The first-order chi connectivity index (χ1) is 11.6. The monoisotopic (exact) mass is 324 g/mol. The second-order valence-corrected chi connectivity index (χ2v) is 4.95. The standard InChI is InChI=1S/C17H13FN4O2/c18-14-5-1-11(2-6-14)16-13(9-19-21-16)10-20-22-17(24)12-3-7-15(23)8-4-12/h1-10,23H,(H,19,21)(H,22,24)/b20-10-. The molecule has 0 aliphatic heterocycles. The lowest BCUT2D eigenvalue weighted by molar-refractivity contribution is 0.0955. The van der Waals surface area contributed by atoms with E-state index in [0.29, 0.717) is 16.8 Å². The van der Waals surface area contributed by atoms with E-state index in [1.807, 2.05) is 0 Å². The fourth-order valence-corrected chi connectivity index (χ4v) is 2.08. The van der Waals surface area contributed by atoms with E-state index < -0.39 is 5.91 Å². The molecule has 1 amide bonds. The van der Waals surface area contributed by atoms with Gasteiger partial charge in [-0.1, -0.05) is 0 Å². The van der Waals surface area contributed by atoms with Crippen molar-refractivity contribution in [2.24, 2.45) is 5.10 Å².